The van der Waals surface area contributed by atoms with E-state index in [4.69, 9.17) is 9.47 Å². The van der Waals surface area contributed by atoms with E-state index in [1.165, 1.54) is 24.3 Å². The Balaban J connectivity index is 1.50. The molecule has 0 aliphatic carbocycles. The number of rotatable bonds is 9. The molecule has 1 aliphatic heterocycles. The second kappa shape index (κ2) is 11.1. The highest BCUT2D eigenvalue weighted by Crippen LogP contribution is 2.15. The van der Waals surface area contributed by atoms with Crippen molar-refractivity contribution >= 4 is 15.9 Å². The van der Waals surface area contributed by atoms with Crippen LogP contribution in [0.15, 0.2) is 53.4 Å². The van der Waals surface area contributed by atoms with Gasteiger partial charge in [-0.1, -0.05) is 12.1 Å². The molecule has 1 heterocycles. The summed E-state index contributed by atoms with van der Waals surface area (Å²) in [5.41, 5.74) is 0.721. The Kier molecular flexibility index (Phi) is 8.47. The van der Waals surface area contributed by atoms with Gasteiger partial charge in [-0.15, -0.1) is 0 Å². The number of nitrogens with zero attached hydrogens (tertiary/aromatic N) is 1. The van der Waals surface area contributed by atoms with E-state index in [1.54, 1.807) is 20.8 Å². The van der Waals surface area contributed by atoms with Gasteiger partial charge in [0.25, 0.3) is 5.91 Å². The first-order valence-corrected chi connectivity index (χ1v) is 12.5. The van der Waals surface area contributed by atoms with Crippen molar-refractivity contribution in [2.75, 3.05) is 39.5 Å². The molecule has 1 fully saturated rings. The van der Waals surface area contributed by atoms with Crippen molar-refractivity contribution in [3.63, 3.8) is 0 Å². The Bertz CT molecular complexity index is 1030. The summed E-state index contributed by atoms with van der Waals surface area (Å²) in [6, 6.07) is 13.5. The lowest BCUT2D eigenvalue weighted by molar-refractivity contribution is 0.0322. The minimum Gasteiger partial charge on any atom is -0.492 e. The average Bonchev–Trinajstić information content (AvgIpc) is 2.77. The molecule has 0 atom stereocenters. The molecule has 0 saturated carbocycles. The van der Waals surface area contributed by atoms with Crippen LogP contribution in [-0.2, 0) is 21.3 Å². The summed E-state index contributed by atoms with van der Waals surface area (Å²) in [5.74, 6) is 0.484. The summed E-state index contributed by atoms with van der Waals surface area (Å²) in [5, 5.41) is 2.87. The van der Waals surface area contributed by atoms with Crippen molar-refractivity contribution in [2.45, 2.75) is 37.8 Å². The zero-order valence-electron chi connectivity index (χ0n) is 19.5. The molecule has 2 N–H and O–H groups in total. The summed E-state index contributed by atoms with van der Waals surface area (Å²) < 4.78 is 38.6. The minimum atomic E-state index is -3.64. The predicted octanol–water partition coefficient (Wildman–Crippen LogP) is 2.40. The molecule has 33 heavy (non-hydrogen) atoms. The van der Waals surface area contributed by atoms with E-state index in [-0.39, 0.29) is 10.8 Å². The Hall–Kier alpha value is -2.46. The van der Waals surface area contributed by atoms with Gasteiger partial charge in [-0.2, -0.15) is 0 Å². The molecule has 2 aromatic rings. The molecule has 0 spiro atoms. The number of benzene rings is 2. The molecular weight excluding hydrogens is 442 g/mol. The maximum Gasteiger partial charge on any atom is 0.251 e. The maximum absolute atomic E-state index is 12.5. The van der Waals surface area contributed by atoms with Crippen LogP contribution in [-0.4, -0.2) is 64.2 Å². The third-order valence-corrected chi connectivity index (χ3v) is 6.77. The zero-order chi connectivity index (χ0) is 23.9. The minimum absolute atomic E-state index is 0.121. The van der Waals surface area contributed by atoms with Gasteiger partial charge in [-0.25, -0.2) is 13.1 Å². The van der Waals surface area contributed by atoms with Crippen molar-refractivity contribution in [1.29, 1.82) is 0 Å². The summed E-state index contributed by atoms with van der Waals surface area (Å²) in [7, 11) is -3.64. The van der Waals surface area contributed by atoms with Gasteiger partial charge in [0.2, 0.25) is 10.0 Å². The van der Waals surface area contributed by atoms with Crippen molar-refractivity contribution in [3.8, 4) is 5.75 Å². The topological polar surface area (TPSA) is 97.0 Å². The van der Waals surface area contributed by atoms with Gasteiger partial charge in [0.1, 0.15) is 12.4 Å². The van der Waals surface area contributed by atoms with Crippen molar-refractivity contribution in [2.24, 2.45) is 0 Å². The SMILES string of the molecule is CC(C)(C)NS(=O)(=O)c1ccc(C(=O)NCc2cccc(OCCN3CCOCC3)c2)cc1. The Morgan fingerprint density at radius 3 is 2.45 bits per heavy atom. The quantitative estimate of drug-likeness (QED) is 0.578. The third-order valence-electron chi connectivity index (χ3n) is 5.00. The standard InChI is InChI=1S/C24H33N3O5S/c1-24(2,3)26-33(29,30)22-9-7-20(8-10-22)23(28)25-18-19-5-4-6-21(17-19)32-16-13-27-11-14-31-15-12-27/h4-10,17,26H,11-16,18H2,1-3H3,(H,25,28). The summed E-state index contributed by atoms with van der Waals surface area (Å²) >= 11 is 0. The Morgan fingerprint density at radius 2 is 1.79 bits per heavy atom. The lowest BCUT2D eigenvalue weighted by atomic mass is 10.1. The van der Waals surface area contributed by atoms with Gasteiger partial charge < -0.3 is 14.8 Å². The number of sulfonamides is 1. The van der Waals surface area contributed by atoms with Crippen LogP contribution < -0.4 is 14.8 Å². The third kappa shape index (κ3) is 8.12. The van der Waals surface area contributed by atoms with Gasteiger partial charge in [-0.3, -0.25) is 9.69 Å². The summed E-state index contributed by atoms with van der Waals surface area (Å²) in [4.78, 5) is 14.9. The van der Waals surface area contributed by atoms with Crippen LogP contribution in [0.4, 0.5) is 0 Å². The highest BCUT2D eigenvalue weighted by molar-refractivity contribution is 7.89. The van der Waals surface area contributed by atoms with Gasteiger partial charge in [-0.05, 0) is 62.7 Å². The molecule has 3 rings (SSSR count). The number of amides is 1. The largest absolute Gasteiger partial charge is 0.492 e. The Labute approximate surface area is 196 Å². The van der Waals surface area contributed by atoms with Gasteiger partial charge in [0.15, 0.2) is 0 Å². The fourth-order valence-corrected chi connectivity index (χ4v) is 4.81. The average molecular weight is 476 g/mol. The van der Waals surface area contributed by atoms with Crippen LogP contribution in [0.2, 0.25) is 0 Å². The van der Waals surface area contributed by atoms with Gasteiger partial charge >= 0.3 is 0 Å². The fourth-order valence-electron chi connectivity index (χ4n) is 3.39. The number of hydrogen-bond donors (Lipinski definition) is 2. The number of carbonyl (C=O) groups is 1. The monoisotopic (exact) mass is 475 g/mol. The highest BCUT2D eigenvalue weighted by Gasteiger charge is 2.22. The van der Waals surface area contributed by atoms with E-state index in [9.17, 15) is 13.2 Å². The second-order valence-electron chi connectivity index (χ2n) is 9.01. The van der Waals surface area contributed by atoms with E-state index in [0.717, 1.165) is 44.2 Å². The number of hydrogen-bond acceptors (Lipinski definition) is 6. The van der Waals surface area contributed by atoms with Crippen LogP contribution in [0.25, 0.3) is 0 Å². The van der Waals surface area contributed by atoms with E-state index in [1.807, 2.05) is 24.3 Å². The van der Waals surface area contributed by atoms with E-state index in [0.29, 0.717) is 18.7 Å². The molecule has 180 valence electrons. The number of ether oxygens (including phenoxy) is 2. The van der Waals surface area contributed by atoms with Crippen LogP contribution in [0.5, 0.6) is 5.75 Å². The van der Waals surface area contributed by atoms with Crippen LogP contribution in [0.1, 0.15) is 36.7 Å². The molecule has 0 unspecified atom stereocenters. The van der Waals surface area contributed by atoms with Crippen molar-refractivity contribution < 1.29 is 22.7 Å². The molecule has 8 nitrogen and oxygen atoms in total. The first-order valence-electron chi connectivity index (χ1n) is 11.1. The normalized spacial score (nSPS) is 15.2. The van der Waals surface area contributed by atoms with E-state index in [2.05, 4.69) is 14.9 Å². The zero-order valence-corrected chi connectivity index (χ0v) is 20.3. The smallest absolute Gasteiger partial charge is 0.251 e. The number of nitrogens with one attached hydrogen (secondary N) is 2. The van der Waals surface area contributed by atoms with Crippen molar-refractivity contribution in [1.82, 2.24) is 14.9 Å². The molecule has 2 aromatic carbocycles. The van der Waals surface area contributed by atoms with Crippen LogP contribution in [0, 0.1) is 0 Å². The molecular formula is C24H33N3O5S. The molecule has 1 amide bonds. The van der Waals surface area contributed by atoms with Crippen molar-refractivity contribution in [3.05, 3.63) is 59.7 Å². The number of carbonyl (C=O) groups excluding carboxylic acids is 1. The Morgan fingerprint density at radius 1 is 1.09 bits per heavy atom. The highest BCUT2D eigenvalue weighted by atomic mass is 32.2. The second-order valence-corrected chi connectivity index (χ2v) is 10.7. The summed E-state index contributed by atoms with van der Waals surface area (Å²) in [6.07, 6.45) is 0. The van der Waals surface area contributed by atoms with Crippen LogP contribution in [0.3, 0.4) is 0 Å². The van der Waals surface area contributed by atoms with Crippen LogP contribution >= 0.6 is 0 Å². The maximum atomic E-state index is 12.5. The van der Waals surface area contributed by atoms with Gasteiger partial charge in [0, 0.05) is 37.3 Å². The molecule has 9 heteroatoms. The van der Waals surface area contributed by atoms with Gasteiger partial charge in [0.05, 0.1) is 18.1 Å². The molecule has 0 radical (unpaired) electrons. The first kappa shape index (κ1) is 25.2. The lowest BCUT2D eigenvalue weighted by Crippen LogP contribution is -2.40. The molecule has 0 bridgehead atoms. The molecule has 0 aromatic heterocycles. The first-order chi connectivity index (χ1) is 15.6. The van der Waals surface area contributed by atoms with E-state index >= 15 is 0 Å². The van der Waals surface area contributed by atoms with E-state index < -0.39 is 15.6 Å². The predicted molar refractivity (Wildman–Crippen MR) is 127 cm³/mol. The molecule has 1 saturated heterocycles. The lowest BCUT2D eigenvalue weighted by Gasteiger charge is -2.26. The summed E-state index contributed by atoms with van der Waals surface area (Å²) in [6.45, 7) is 10.5. The fraction of sp³-hybridized carbons (Fsp3) is 0.458. The molecule has 1 aliphatic rings. The number of morpholine rings is 1.